The van der Waals surface area contributed by atoms with E-state index in [0.717, 1.165) is 57.6 Å². The number of primary amides is 1. The van der Waals surface area contributed by atoms with E-state index in [1.165, 1.54) is 12.8 Å². The maximum Gasteiger partial charge on any atom is 0.251 e. The van der Waals surface area contributed by atoms with Gasteiger partial charge in [-0.15, -0.1) is 0 Å². The number of carbonyl (C=O) groups excluding carboxylic acids is 3. The van der Waals surface area contributed by atoms with Crippen molar-refractivity contribution in [1.82, 2.24) is 10.3 Å². The summed E-state index contributed by atoms with van der Waals surface area (Å²) in [5, 5.41) is 6.43. The molecular formula is C29H37N5O3. The third kappa shape index (κ3) is 6.48. The molecule has 5 rings (SSSR count). The topological polar surface area (TPSA) is 117 Å². The third-order valence-electron chi connectivity index (χ3n) is 7.71. The molecule has 37 heavy (non-hydrogen) atoms. The van der Waals surface area contributed by atoms with Gasteiger partial charge in [0.15, 0.2) is 5.78 Å². The van der Waals surface area contributed by atoms with E-state index in [1.807, 2.05) is 19.1 Å². The molecule has 2 aromatic rings. The van der Waals surface area contributed by atoms with Crippen LogP contribution in [-0.4, -0.2) is 48.3 Å². The van der Waals surface area contributed by atoms with E-state index >= 15 is 0 Å². The second-order valence-electron chi connectivity index (χ2n) is 11.1. The fraction of sp³-hybridized carbons (Fsp3) is 0.517. The third-order valence-corrected chi connectivity index (χ3v) is 7.71. The van der Waals surface area contributed by atoms with Crippen LogP contribution in [0.1, 0.15) is 82.9 Å². The lowest BCUT2D eigenvalue weighted by molar-refractivity contribution is 0.0930. The van der Waals surface area contributed by atoms with Gasteiger partial charge in [0, 0.05) is 54.6 Å². The largest absolute Gasteiger partial charge is 0.384 e. The molecular weight excluding hydrogens is 466 g/mol. The van der Waals surface area contributed by atoms with Crippen LogP contribution in [0.3, 0.4) is 0 Å². The van der Waals surface area contributed by atoms with Gasteiger partial charge in [0.05, 0.1) is 5.56 Å². The highest BCUT2D eigenvalue weighted by Crippen LogP contribution is 2.33. The van der Waals surface area contributed by atoms with E-state index in [9.17, 15) is 14.4 Å². The van der Waals surface area contributed by atoms with Gasteiger partial charge in [0.2, 0.25) is 0 Å². The highest BCUT2D eigenvalue weighted by Gasteiger charge is 2.31. The lowest BCUT2D eigenvalue weighted by atomic mass is 9.91. The van der Waals surface area contributed by atoms with Gasteiger partial charge in [0.1, 0.15) is 5.82 Å². The van der Waals surface area contributed by atoms with Gasteiger partial charge >= 0.3 is 0 Å². The predicted octanol–water partition coefficient (Wildman–Crippen LogP) is 4.02. The Morgan fingerprint density at radius 1 is 1.05 bits per heavy atom. The second-order valence-corrected chi connectivity index (χ2v) is 11.1. The van der Waals surface area contributed by atoms with Crippen molar-refractivity contribution < 1.29 is 14.4 Å². The van der Waals surface area contributed by atoms with Crippen LogP contribution in [0.25, 0.3) is 0 Å². The van der Waals surface area contributed by atoms with Crippen molar-refractivity contribution in [2.45, 2.75) is 57.9 Å². The molecule has 2 amide bonds. The number of ketones is 1. The van der Waals surface area contributed by atoms with Crippen LogP contribution in [0.15, 0.2) is 36.5 Å². The van der Waals surface area contributed by atoms with E-state index in [1.54, 1.807) is 24.4 Å². The molecule has 2 saturated carbocycles. The van der Waals surface area contributed by atoms with E-state index in [0.29, 0.717) is 34.2 Å². The SMILES string of the molecule is CC(CC1CCCN(c2ccc(C(=O)C3CC3)cn2)C1)NC(=O)c1ccc(C(N)=O)c(NCC2CC2)c1. The van der Waals surface area contributed by atoms with Crippen LogP contribution in [0.4, 0.5) is 11.5 Å². The summed E-state index contributed by atoms with van der Waals surface area (Å²) in [4.78, 5) is 44.0. The smallest absolute Gasteiger partial charge is 0.251 e. The van der Waals surface area contributed by atoms with Crippen molar-refractivity contribution in [3.05, 3.63) is 53.2 Å². The number of nitrogens with two attached hydrogens (primary N) is 1. The molecule has 8 nitrogen and oxygen atoms in total. The average Bonchev–Trinajstić information content (AvgIpc) is 3.81. The summed E-state index contributed by atoms with van der Waals surface area (Å²) in [6, 6.07) is 8.90. The number of carbonyl (C=O) groups is 3. The fourth-order valence-corrected chi connectivity index (χ4v) is 5.25. The standard InChI is InChI=1S/C29H37N5O3/c1-18(33-29(37)22-8-10-24(28(30)36)25(14-22)31-15-19-4-5-19)13-20-3-2-12-34(17-20)26-11-9-23(16-32-26)27(35)21-6-7-21/h8-11,14,16,18-21,31H,2-7,12-13,15,17H2,1H3,(H2,30,36)(H,33,37). The number of nitrogens with zero attached hydrogens (tertiary/aromatic N) is 2. The highest BCUT2D eigenvalue weighted by atomic mass is 16.2. The van der Waals surface area contributed by atoms with Crippen LogP contribution >= 0.6 is 0 Å². The zero-order valence-corrected chi connectivity index (χ0v) is 21.5. The number of benzene rings is 1. The number of nitrogens with one attached hydrogen (secondary N) is 2. The molecule has 1 aromatic heterocycles. The minimum absolute atomic E-state index is 0.00244. The zero-order chi connectivity index (χ0) is 25.9. The lowest BCUT2D eigenvalue weighted by Crippen LogP contribution is -2.40. The molecule has 0 radical (unpaired) electrons. The Labute approximate surface area is 218 Å². The molecule has 1 aromatic carbocycles. The first-order valence-electron chi connectivity index (χ1n) is 13.6. The molecule has 2 atom stereocenters. The van der Waals surface area contributed by atoms with Crippen molar-refractivity contribution in [1.29, 1.82) is 0 Å². The summed E-state index contributed by atoms with van der Waals surface area (Å²) in [7, 11) is 0. The number of piperidine rings is 1. The predicted molar refractivity (Wildman–Crippen MR) is 144 cm³/mol. The Hall–Kier alpha value is -3.42. The molecule has 2 heterocycles. The number of Topliss-reactive ketones (excluding diaryl/α,β-unsaturated/α-hetero) is 1. The molecule has 2 aliphatic carbocycles. The van der Waals surface area contributed by atoms with Crippen LogP contribution in [0.5, 0.6) is 0 Å². The van der Waals surface area contributed by atoms with Gasteiger partial charge in [-0.05, 0) is 94.0 Å². The molecule has 8 heteroatoms. The Morgan fingerprint density at radius 2 is 1.84 bits per heavy atom. The number of anilines is 2. The first-order chi connectivity index (χ1) is 17.9. The Morgan fingerprint density at radius 3 is 2.51 bits per heavy atom. The summed E-state index contributed by atoms with van der Waals surface area (Å²) >= 11 is 0. The van der Waals surface area contributed by atoms with E-state index < -0.39 is 5.91 Å². The number of pyridine rings is 1. The minimum Gasteiger partial charge on any atom is -0.384 e. The van der Waals surface area contributed by atoms with Crippen LogP contribution < -0.4 is 21.3 Å². The average molecular weight is 504 g/mol. The number of amides is 2. The lowest BCUT2D eigenvalue weighted by Gasteiger charge is -2.35. The molecule has 196 valence electrons. The van der Waals surface area contributed by atoms with Gasteiger partial charge < -0.3 is 21.3 Å². The molecule has 4 N–H and O–H groups in total. The molecule has 0 bridgehead atoms. The number of aromatic nitrogens is 1. The zero-order valence-electron chi connectivity index (χ0n) is 21.5. The van der Waals surface area contributed by atoms with E-state index in [4.69, 9.17) is 5.73 Å². The van der Waals surface area contributed by atoms with Gasteiger partial charge in [-0.25, -0.2) is 4.98 Å². The number of hydrogen-bond donors (Lipinski definition) is 3. The molecule has 3 aliphatic rings. The number of hydrogen-bond acceptors (Lipinski definition) is 6. The number of rotatable bonds is 11. The Kier molecular flexibility index (Phi) is 7.44. The fourth-order valence-electron chi connectivity index (χ4n) is 5.25. The van der Waals surface area contributed by atoms with E-state index in [2.05, 4.69) is 20.5 Å². The van der Waals surface area contributed by atoms with Crippen LogP contribution in [0, 0.1) is 17.8 Å². The molecule has 3 fully saturated rings. The summed E-state index contributed by atoms with van der Waals surface area (Å²) in [6.45, 7) is 4.65. The first kappa shape index (κ1) is 25.2. The molecule has 1 aliphatic heterocycles. The van der Waals surface area contributed by atoms with Crippen molar-refractivity contribution in [3.63, 3.8) is 0 Å². The quantitative estimate of drug-likeness (QED) is 0.399. The van der Waals surface area contributed by atoms with Crippen LogP contribution in [0.2, 0.25) is 0 Å². The van der Waals surface area contributed by atoms with Gasteiger partial charge in [-0.1, -0.05) is 0 Å². The second kappa shape index (κ2) is 10.9. The molecule has 0 spiro atoms. The van der Waals surface area contributed by atoms with Crippen molar-refractivity contribution in [3.8, 4) is 0 Å². The maximum absolute atomic E-state index is 13.0. The summed E-state index contributed by atoms with van der Waals surface area (Å²) in [5.74, 6) is 1.75. The Balaban J connectivity index is 1.15. The molecule has 1 saturated heterocycles. The molecule has 2 unspecified atom stereocenters. The van der Waals surface area contributed by atoms with Crippen molar-refractivity contribution in [2.75, 3.05) is 29.9 Å². The van der Waals surface area contributed by atoms with E-state index in [-0.39, 0.29) is 23.7 Å². The summed E-state index contributed by atoms with van der Waals surface area (Å²) < 4.78 is 0. The summed E-state index contributed by atoms with van der Waals surface area (Å²) in [5.41, 5.74) is 7.80. The van der Waals surface area contributed by atoms with Gasteiger partial charge in [-0.2, -0.15) is 0 Å². The van der Waals surface area contributed by atoms with Crippen molar-refractivity contribution >= 4 is 29.1 Å². The highest BCUT2D eigenvalue weighted by molar-refractivity contribution is 6.02. The monoisotopic (exact) mass is 503 g/mol. The van der Waals surface area contributed by atoms with Crippen molar-refractivity contribution in [2.24, 2.45) is 23.5 Å². The first-order valence-corrected chi connectivity index (χ1v) is 13.6. The van der Waals surface area contributed by atoms with Crippen LogP contribution in [-0.2, 0) is 0 Å². The maximum atomic E-state index is 13.0. The Bertz CT molecular complexity index is 1160. The normalized spacial score (nSPS) is 20.2. The minimum atomic E-state index is -0.501. The summed E-state index contributed by atoms with van der Waals surface area (Å²) in [6.07, 6.45) is 9.15. The van der Waals surface area contributed by atoms with Gasteiger partial charge in [0.25, 0.3) is 11.8 Å². The van der Waals surface area contributed by atoms with Gasteiger partial charge in [-0.3, -0.25) is 14.4 Å².